The van der Waals surface area contributed by atoms with Crippen molar-refractivity contribution in [2.75, 3.05) is 7.11 Å². The van der Waals surface area contributed by atoms with Crippen LogP contribution in [0.2, 0.25) is 0 Å². The van der Waals surface area contributed by atoms with Gasteiger partial charge in [0.25, 0.3) is 5.91 Å². The van der Waals surface area contributed by atoms with Gasteiger partial charge in [-0.05, 0) is 32.4 Å². The Morgan fingerprint density at radius 3 is 2.59 bits per heavy atom. The van der Waals surface area contributed by atoms with Crippen LogP contribution in [-0.2, 0) is 14.3 Å². The number of hydrogen-bond acceptors (Lipinski definition) is 5. The molecule has 22 heavy (non-hydrogen) atoms. The highest BCUT2D eigenvalue weighted by atomic mass is 16.5. The first-order valence-corrected chi connectivity index (χ1v) is 6.94. The van der Waals surface area contributed by atoms with Crippen molar-refractivity contribution in [2.45, 2.75) is 38.8 Å². The summed E-state index contributed by atoms with van der Waals surface area (Å²) < 4.78 is 10.2. The monoisotopic (exact) mass is 304 g/mol. The summed E-state index contributed by atoms with van der Waals surface area (Å²) in [5.74, 6) is -0.653. The number of nitrogens with one attached hydrogen (secondary N) is 1. The van der Waals surface area contributed by atoms with E-state index in [0.29, 0.717) is 17.7 Å². The number of carbonyl (C=O) groups excluding carboxylic acids is 2. The molecule has 0 saturated heterocycles. The molecule has 0 radical (unpaired) electrons. The molecular formula is C16H20N2O4. The molecule has 0 bridgehead atoms. The first kappa shape index (κ1) is 17.5. The fourth-order valence-electron chi connectivity index (χ4n) is 1.79. The molecule has 0 fully saturated rings. The van der Waals surface area contributed by atoms with Crippen molar-refractivity contribution in [3.63, 3.8) is 0 Å². The largest absolute Gasteiger partial charge is 0.480 e. The third-order valence-corrected chi connectivity index (χ3v) is 3.42. The first-order chi connectivity index (χ1) is 10.4. The number of hydrogen-bond donors (Lipinski definition) is 1. The van der Waals surface area contributed by atoms with Crippen LogP contribution in [0.25, 0.3) is 0 Å². The topological polar surface area (TPSA) is 88.4 Å². The zero-order valence-corrected chi connectivity index (χ0v) is 13.2. The quantitative estimate of drug-likeness (QED) is 0.809. The SMILES string of the molecule is CC[C@](C)(NC(=O)[C@@H](C)Oc1ccccc1C#N)C(=O)OC. The summed E-state index contributed by atoms with van der Waals surface area (Å²) in [7, 11) is 1.27. The second-order valence-corrected chi connectivity index (χ2v) is 5.03. The third-order valence-electron chi connectivity index (χ3n) is 3.42. The lowest BCUT2D eigenvalue weighted by molar-refractivity contribution is -0.151. The van der Waals surface area contributed by atoms with Gasteiger partial charge in [0.05, 0.1) is 12.7 Å². The van der Waals surface area contributed by atoms with Gasteiger partial charge in [-0.15, -0.1) is 0 Å². The van der Waals surface area contributed by atoms with Gasteiger partial charge in [-0.25, -0.2) is 4.79 Å². The summed E-state index contributed by atoms with van der Waals surface area (Å²) in [6.07, 6.45) is -0.475. The van der Waals surface area contributed by atoms with Gasteiger partial charge in [0.15, 0.2) is 6.10 Å². The summed E-state index contributed by atoms with van der Waals surface area (Å²) >= 11 is 0. The number of nitrogens with zero attached hydrogens (tertiary/aromatic N) is 1. The van der Waals surface area contributed by atoms with Crippen LogP contribution in [0.5, 0.6) is 5.75 Å². The second-order valence-electron chi connectivity index (χ2n) is 5.03. The Balaban J connectivity index is 2.81. The van der Waals surface area contributed by atoms with E-state index in [1.165, 1.54) is 7.11 Å². The smallest absolute Gasteiger partial charge is 0.331 e. The molecule has 0 aliphatic carbocycles. The predicted molar refractivity (Wildman–Crippen MR) is 80.1 cm³/mol. The molecule has 0 aromatic heterocycles. The van der Waals surface area contributed by atoms with Gasteiger partial charge in [-0.2, -0.15) is 5.26 Å². The number of ether oxygens (including phenoxy) is 2. The highest BCUT2D eigenvalue weighted by molar-refractivity contribution is 5.89. The van der Waals surface area contributed by atoms with Gasteiger partial charge >= 0.3 is 5.97 Å². The van der Waals surface area contributed by atoms with Crippen molar-refractivity contribution in [1.29, 1.82) is 5.26 Å². The Hall–Kier alpha value is -2.55. The van der Waals surface area contributed by atoms with E-state index >= 15 is 0 Å². The molecule has 6 heteroatoms. The molecule has 0 saturated carbocycles. The van der Waals surface area contributed by atoms with Crippen molar-refractivity contribution < 1.29 is 19.1 Å². The van der Waals surface area contributed by atoms with Gasteiger partial charge < -0.3 is 14.8 Å². The maximum Gasteiger partial charge on any atom is 0.331 e. The summed E-state index contributed by atoms with van der Waals surface area (Å²) in [4.78, 5) is 24.0. The van der Waals surface area contributed by atoms with E-state index in [1.54, 1.807) is 45.0 Å². The van der Waals surface area contributed by atoms with E-state index in [1.807, 2.05) is 6.07 Å². The molecule has 1 N–H and O–H groups in total. The number of benzene rings is 1. The number of amides is 1. The van der Waals surface area contributed by atoms with Gasteiger partial charge in [-0.1, -0.05) is 19.1 Å². The van der Waals surface area contributed by atoms with Crippen molar-refractivity contribution in [2.24, 2.45) is 0 Å². The number of para-hydroxylation sites is 1. The van der Waals surface area contributed by atoms with Gasteiger partial charge in [0.2, 0.25) is 0 Å². The van der Waals surface area contributed by atoms with Crippen LogP contribution in [0.3, 0.4) is 0 Å². The molecule has 0 spiro atoms. The summed E-state index contributed by atoms with van der Waals surface area (Å²) in [5.41, 5.74) is -0.772. The van der Waals surface area contributed by atoms with Crippen LogP contribution in [0.1, 0.15) is 32.8 Å². The maximum absolute atomic E-state index is 12.2. The molecule has 0 heterocycles. The lowest BCUT2D eigenvalue weighted by Gasteiger charge is -2.28. The fourth-order valence-corrected chi connectivity index (χ4v) is 1.79. The van der Waals surface area contributed by atoms with Crippen LogP contribution >= 0.6 is 0 Å². The van der Waals surface area contributed by atoms with Crippen molar-refractivity contribution in [3.05, 3.63) is 29.8 Å². The van der Waals surface area contributed by atoms with Gasteiger partial charge in [0.1, 0.15) is 17.4 Å². The minimum Gasteiger partial charge on any atom is -0.480 e. The third kappa shape index (κ3) is 3.98. The summed E-state index contributed by atoms with van der Waals surface area (Å²) in [5, 5.41) is 11.6. The first-order valence-electron chi connectivity index (χ1n) is 6.94. The Bertz CT molecular complexity index is 594. The molecule has 0 aliphatic heterocycles. The Morgan fingerprint density at radius 2 is 2.05 bits per heavy atom. The lowest BCUT2D eigenvalue weighted by atomic mass is 9.99. The molecule has 1 rings (SSSR count). The highest BCUT2D eigenvalue weighted by Crippen LogP contribution is 2.19. The number of methoxy groups -OCH3 is 1. The molecule has 1 amide bonds. The molecule has 1 aromatic rings. The van der Waals surface area contributed by atoms with Crippen molar-refractivity contribution in [1.82, 2.24) is 5.32 Å². The predicted octanol–water partition coefficient (Wildman–Crippen LogP) is 1.78. The van der Waals surface area contributed by atoms with Crippen molar-refractivity contribution in [3.8, 4) is 11.8 Å². The van der Waals surface area contributed by atoms with E-state index in [4.69, 9.17) is 14.7 Å². The summed E-state index contributed by atoms with van der Waals surface area (Å²) in [6, 6.07) is 8.63. The average molecular weight is 304 g/mol. The van der Waals surface area contributed by atoms with E-state index in [9.17, 15) is 9.59 Å². The van der Waals surface area contributed by atoms with E-state index in [0.717, 1.165) is 0 Å². The number of rotatable bonds is 6. The van der Waals surface area contributed by atoms with Crippen LogP contribution in [0.15, 0.2) is 24.3 Å². The minimum absolute atomic E-state index is 0.323. The molecule has 0 unspecified atom stereocenters. The number of esters is 1. The average Bonchev–Trinajstić information content (AvgIpc) is 2.54. The maximum atomic E-state index is 12.2. The normalized spacial score (nSPS) is 14.1. The molecule has 2 atom stereocenters. The van der Waals surface area contributed by atoms with Gasteiger partial charge in [-0.3, -0.25) is 4.79 Å². The zero-order valence-electron chi connectivity index (χ0n) is 13.2. The standard InChI is InChI=1S/C16H20N2O4/c1-5-16(3,15(20)21-4)18-14(19)11(2)22-13-9-7-6-8-12(13)10-17/h6-9,11H,5H2,1-4H3,(H,18,19)/t11-,16+/m1/s1. The lowest BCUT2D eigenvalue weighted by Crippen LogP contribution is -2.55. The molecule has 1 aromatic carbocycles. The summed E-state index contributed by atoms with van der Waals surface area (Å²) in [6.45, 7) is 4.91. The molecule has 0 aliphatic rings. The van der Waals surface area contributed by atoms with E-state index in [-0.39, 0.29) is 0 Å². The minimum atomic E-state index is -1.11. The van der Waals surface area contributed by atoms with Gasteiger partial charge in [0, 0.05) is 0 Å². The van der Waals surface area contributed by atoms with E-state index < -0.39 is 23.5 Å². The molecule has 118 valence electrons. The number of carbonyl (C=O) groups is 2. The van der Waals surface area contributed by atoms with Crippen LogP contribution < -0.4 is 10.1 Å². The van der Waals surface area contributed by atoms with Crippen LogP contribution in [0.4, 0.5) is 0 Å². The Labute approximate surface area is 130 Å². The Kier molecular flexibility index (Phi) is 5.93. The highest BCUT2D eigenvalue weighted by Gasteiger charge is 2.35. The Morgan fingerprint density at radius 1 is 1.41 bits per heavy atom. The molecular weight excluding hydrogens is 284 g/mol. The molecule has 6 nitrogen and oxygen atoms in total. The fraction of sp³-hybridized carbons (Fsp3) is 0.438. The number of nitriles is 1. The second kappa shape index (κ2) is 7.46. The van der Waals surface area contributed by atoms with Crippen LogP contribution in [0, 0.1) is 11.3 Å². The van der Waals surface area contributed by atoms with E-state index in [2.05, 4.69) is 5.32 Å². The van der Waals surface area contributed by atoms with Crippen molar-refractivity contribution >= 4 is 11.9 Å². The zero-order chi connectivity index (χ0) is 16.8. The van der Waals surface area contributed by atoms with Crippen LogP contribution in [-0.4, -0.2) is 30.6 Å².